The summed E-state index contributed by atoms with van der Waals surface area (Å²) in [5.41, 5.74) is 0. The van der Waals surface area contributed by atoms with Crippen LogP contribution in [0.2, 0.25) is 0 Å². The number of aliphatic hydroxyl groups excluding tert-OH is 1. The molecule has 1 unspecified atom stereocenters. The molecule has 7 heteroatoms. The summed E-state index contributed by atoms with van der Waals surface area (Å²) in [5, 5.41) is 23.5. The summed E-state index contributed by atoms with van der Waals surface area (Å²) in [4.78, 5) is 18.5. The van der Waals surface area contributed by atoms with Gasteiger partial charge in [0.05, 0.1) is 6.10 Å². The van der Waals surface area contributed by atoms with E-state index >= 15 is 0 Å². The first-order valence-corrected chi connectivity index (χ1v) is 5.22. The summed E-state index contributed by atoms with van der Waals surface area (Å²) in [6.45, 7) is 3.54. The number of carbonyl (C=O) groups is 1. The molecule has 1 rings (SSSR count). The number of aliphatic carboxylic acids is 1. The van der Waals surface area contributed by atoms with Gasteiger partial charge in [-0.05, 0) is 13.8 Å². The van der Waals surface area contributed by atoms with Crippen LogP contribution >= 0.6 is 0 Å². The molecule has 94 valence electrons. The maximum absolute atomic E-state index is 10.6. The van der Waals surface area contributed by atoms with Crippen LogP contribution in [-0.4, -0.2) is 44.8 Å². The van der Waals surface area contributed by atoms with Crippen LogP contribution in [0.3, 0.4) is 0 Å². The maximum atomic E-state index is 10.6. The van der Waals surface area contributed by atoms with Crippen molar-refractivity contribution >= 4 is 17.6 Å². The Balaban J connectivity index is 2.62. The molecule has 0 saturated carbocycles. The van der Waals surface area contributed by atoms with Crippen LogP contribution in [0.15, 0.2) is 12.4 Å². The topological polar surface area (TPSA) is 107 Å². The van der Waals surface area contributed by atoms with Crippen molar-refractivity contribution in [3.8, 4) is 0 Å². The highest BCUT2D eigenvalue weighted by molar-refractivity contribution is 5.76. The van der Waals surface area contributed by atoms with E-state index in [1.807, 2.05) is 0 Å². The van der Waals surface area contributed by atoms with Gasteiger partial charge in [0.2, 0.25) is 0 Å². The van der Waals surface area contributed by atoms with E-state index in [-0.39, 0.29) is 0 Å². The van der Waals surface area contributed by atoms with Crippen LogP contribution in [0.5, 0.6) is 0 Å². The molecule has 0 fully saturated rings. The van der Waals surface area contributed by atoms with Crippen LogP contribution in [-0.2, 0) is 4.79 Å². The minimum absolute atomic E-state index is 0.366. The average molecular weight is 240 g/mol. The number of carboxylic acids is 1. The fraction of sp³-hybridized carbons (Fsp3) is 0.500. The maximum Gasteiger partial charge on any atom is 0.325 e. The van der Waals surface area contributed by atoms with Gasteiger partial charge in [-0.25, -0.2) is 9.97 Å². The standard InChI is InChI=1S/C10H16N4O3/c1-6(15)4-11-8-3-9(13-5-12-8)14-7(2)10(16)17/h3,5-7,15H,4H2,1-2H3,(H,16,17)(H2,11,12,13,14)/t6?,7-/m1/s1. The van der Waals surface area contributed by atoms with E-state index in [9.17, 15) is 4.79 Å². The number of hydrogen-bond donors (Lipinski definition) is 4. The Morgan fingerprint density at radius 1 is 1.41 bits per heavy atom. The fourth-order valence-corrected chi connectivity index (χ4v) is 1.07. The highest BCUT2D eigenvalue weighted by Crippen LogP contribution is 2.09. The highest BCUT2D eigenvalue weighted by Gasteiger charge is 2.11. The fourth-order valence-electron chi connectivity index (χ4n) is 1.07. The summed E-state index contributed by atoms with van der Waals surface area (Å²) >= 11 is 0. The first-order valence-electron chi connectivity index (χ1n) is 5.22. The van der Waals surface area contributed by atoms with Crippen molar-refractivity contribution < 1.29 is 15.0 Å². The Bertz CT molecular complexity index is 384. The van der Waals surface area contributed by atoms with Gasteiger partial charge in [0.1, 0.15) is 24.0 Å². The zero-order valence-corrected chi connectivity index (χ0v) is 9.71. The monoisotopic (exact) mass is 240 g/mol. The summed E-state index contributed by atoms with van der Waals surface area (Å²) in [7, 11) is 0. The van der Waals surface area contributed by atoms with E-state index < -0.39 is 18.1 Å². The number of carboxylic acid groups (broad SMARTS) is 1. The van der Waals surface area contributed by atoms with Crippen LogP contribution < -0.4 is 10.6 Å². The largest absolute Gasteiger partial charge is 0.480 e. The molecule has 4 N–H and O–H groups in total. The van der Waals surface area contributed by atoms with Gasteiger partial charge in [0.25, 0.3) is 0 Å². The zero-order valence-electron chi connectivity index (χ0n) is 9.71. The Hall–Kier alpha value is -1.89. The summed E-state index contributed by atoms with van der Waals surface area (Å²) in [6.07, 6.45) is 0.834. The van der Waals surface area contributed by atoms with E-state index in [2.05, 4.69) is 20.6 Å². The molecule has 17 heavy (non-hydrogen) atoms. The van der Waals surface area contributed by atoms with Crippen molar-refractivity contribution in [3.05, 3.63) is 12.4 Å². The van der Waals surface area contributed by atoms with E-state index in [0.717, 1.165) is 0 Å². The molecule has 0 amide bonds. The van der Waals surface area contributed by atoms with Gasteiger partial charge < -0.3 is 20.8 Å². The van der Waals surface area contributed by atoms with Crippen LogP contribution in [0, 0.1) is 0 Å². The molecule has 0 bridgehead atoms. The molecule has 0 aliphatic carbocycles. The number of aromatic nitrogens is 2. The lowest BCUT2D eigenvalue weighted by molar-refractivity contribution is -0.137. The lowest BCUT2D eigenvalue weighted by Crippen LogP contribution is -2.26. The van der Waals surface area contributed by atoms with Crippen molar-refractivity contribution in [1.82, 2.24) is 9.97 Å². The Kier molecular flexibility index (Phi) is 4.65. The number of rotatable bonds is 6. The zero-order chi connectivity index (χ0) is 12.8. The SMILES string of the molecule is CC(O)CNc1cc(N[C@H](C)C(=O)O)ncn1. The van der Waals surface area contributed by atoms with Gasteiger partial charge in [-0.15, -0.1) is 0 Å². The molecule has 0 aliphatic heterocycles. The first-order chi connectivity index (χ1) is 7.99. The second-order valence-electron chi connectivity index (χ2n) is 3.72. The second kappa shape index (κ2) is 6.00. The van der Waals surface area contributed by atoms with Crippen LogP contribution in [0.25, 0.3) is 0 Å². The summed E-state index contributed by atoms with van der Waals surface area (Å²) < 4.78 is 0. The molecule has 0 radical (unpaired) electrons. The predicted octanol–water partition coefficient (Wildman–Crippen LogP) is 0.154. The molecule has 0 spiro atoms. The molecule has 0 aromatic carbocycles. The van der Waals surface area contributed by atoms with Gasteiger partial charge in [-0.3, -0.25) is 4.79 Å². The lowest BCUT2D eigenvalue weighted by Gasteiger charge is -2.11. The molecular weight excluding hydrogens is 224 g/mol. The first kappa shape index (κ1) is 13.2. The summed E-state index contributed by atoms with van der Waals surface area (Å²) in [5.74, 6) is -0.00826. The van der Waals surface area contributed by atoms with E-state index in [0.29, 0.717) is 18.2 Å². The third-order valence-corrected chi connectivity index (χ3v) is 1.98. The molecule has 2 atom stereocenters. The highest BCUT2D eigenvalue weighted by atomic mass is 16.4. The van der Waals surface area contributed by atoms with E-state index in [1.165, 1.54) is 13.3 Å². The van der Waals surface area contributed by atoms with Crippen LogP contribution in [0.4, 0.5) is 11.6 Å². The minimum Gasteiger partial charge on any atom is -0.480 e. The number of anilines is 2. The van der Waals surface area contributed by atoms with E-state index in [4.69, 9.17) is 10.2 Å². The van der Waals surface area contributed by atoms with Crippen molar-refractivity contribution in [2.75, 3.05) is 17.2 Å². The van der Waals surface area contributed by atoms with Gasteiger partial charge >= 0.3 is 5.97 Å². The van der Waals surface area contributed by atoms with Crippen LogP contribution in [0.1, 0.15) is 13.8 Å². The number of aliphatic hydroxyl groups is 1. The molecule has 1 aromatic rings. The van der Waals surface area contributed by atoms with E-state index in [1.54, 1.807) is 13.0 Å². The Labute approximate surface area is 98.9 Å². The van der Waals surface area contributed by atoms with Gasteiger partial charge in [0, 0.05) is 12.6 Å². The molecule has 1 heterocycles. The third kappa shape index (κ3) is 4.64. The quantitative estimate of drug-likeness (QED) is 0.560. The summed E-state index contributed by atoms with van der Waals surface area (Å²) in [6, 6.07) is 0.858. The van der Waals surface area contributed by atoms with Crippen molar-refractivity contribution in [1.29, 1.82) is 0 Å². The third-order valence-electron chi connectivity index (χ3n) is 1.98. The molecule has 7 nitrogen and oxygen atoms in total. The van der Waals surface area contributed by atoms with Crippen molar-refractivity contribution in [2.45, 2.75) is 26.0 Å². The van der Waals surface area contributed by atoms with Gasteiger partial charge in [-0.1, -0.05) is 0 Å². The van der Waals surface area contributed by atoms with Crippen molar-refractivity contribution in [2.24, 2.45) is 0 Å². The van der Waals surface area contributed by atoms with Gasteiger partial charge in [0.15, 0.2) is 0 Å². The molecule has 0 saturated heterocycles. The number of hydrogen-bond acceptors (Lipinski definition) is 6. The molecule has 1 aromatic heterocycles. The normalized spacial score (nSPS) is 13.8. The second-order valence-corrected chi connectivity index (χ2v) is 3.72. The minimum atomic E-state index is -0.956. The Morgan fingerprint density at radius 3 is 2.65 bits per heavy atom. The van der Waals surface area contributed by atoms with Crippen molar-refractivity contribution in [3.63, 3.8) is 0 Å². The van der Waals surface area contributed by atoms with Gasteiger partial charge in [-0.2, -0.15) is 0 Å². The molecule has 0 aliphatic rings. The number of nitrogens with zero attached hydrogens (tertiary/aromatic N) is 2. The predicted molar refractivity (Wildman–Crippen MR) is 62.9 cm³/mol. The average Bonchev–Trinajstić information content (AvgIpc) is 2.26. The smallest absolute Gasteiger partial charge is 0.325 e. The Morgan fingerprint density at radius 2 is 2.06 bits per heavy atom. The lowest BCUT2D eigenvalue weighted by atomic mass is 10.3. The molecular formula is C10H16N4O3. The number of nitrogens with one attached hydrogen (secondary N) is 2.